The normalized spacial score (nSPS) is 15.7. The standard InChI is InChI=1S/C29H29FN6O2/c1-19-14-25(33-24-9-6-21(7-10-24)22-4-3-5-26(37)15-22)11-8-23(19)16-32-35-29-31-17-27(30)28(34-29)36-12-13-38-18-20(36)2/h3-11,14-15,17,20,33,37H,12-13,16,18H2,1-2H3. The fourth-order valence-electron chi connectivity index (χ4n) is 4.36. The average Bonchev–Trinajstić information content (AvgIpc) is 2.92. The van der Waals surface area contributed by atoms with Crippen molar-refractivity contribution in [2.75, 3.05) is 30.0 Å². The zero-order valence-electron chi connectivity index (χ0n) is 21.3. The maximum atomic E-state index is 14.4. The molecule has 1 aromatic heterocycles. The molecule has 1 fully saturated rings. The number of hydrogen-bond donors (Lipinski definition) is 2. The number of hydrogen-bond acceptors (Lipinski definition) is 8. The maximum Gasteiger partial charge on any atom is 0.270 e. The Morgan fingerprint density at radius 2 is 1.89 bits per heavy atom. The predicted octanol–water partition coefficient (Wildman–Crippen LogP) is 6.55. The van der Waals surface area contributed by atoms with Crippen molar-refractivity contribution >= 4 is 23.1 Å². The van der Waals surface area contributed by atoms with Crippen LogP contribution >= 0.6 is 0 Å². The monoisotopic (exact) mass is 512 g/mol. The first-order chi connectivity index (χ1) is 18.5. The second-order valence-corrected chi connectivity index (χ2v) is 9.25. The molecule has 1 unspecified atom stereocenters. The lowest BCUT2D eigenvalue weighted by Gasteiger charge is -2.34. The summed E-state index contributed by atoms with van der Waals surface area (Å²) in [5.41, 5.74) is 5.98. The highest BCUT2D eigenvalue weighted by atomic mass is 19.1. The largest absolute Gasteiger partial charge is 0.508 e. The first-order valence-electron chi connectivity index (χ1n) is 12.5. The van der Waals surface area contributed by atoms with Gasteiger partial charge in [0, 0.05) is 17.9 Å². The van der Waals surface area contributed by atoms with Crippen molar-refractivity contribution in [1.82, 2.24) is 9.97 Å². The van der Waals surface area contributed by atoms with E-state index in [0.717, 1.165) is 39.8 Å². The SMILES string of the molecule is Cc1cc(Nc2ccc(-c3cccc(O)c3)cc2)ccc1CN=Nc1ncc(F)c(N2CCOCC2C)n1. The smallest absolute Gasteiger partial charge is 0.270 e. The molecule has 0 amide bonds. The molecule has 0 aliphatic carbocycles. The number of benzene rings is 3. The molecule has 8 nitrogen and oxygen atoms in total. The summed E-state index contributed by atoms with van der Waals surface area (Å²) in [6.45, 7) is 5.96. The van der Waals surface area contributed by atoms with Gasteiger partial charge in [0.2, 0.25) is 0 Å². The van der Waals surface area contributed by atoms with E-state index in [2.05, 4.69) is 31.6 Å². The van der Waals surface area contributed by atoms with E-state index in [1.807, 2.05) is 67.3 Å². The van der Waals surface area contributed by atoms with Crippen molar-refractivity contribution in [2.45, 2.75) is 26.4 Å². The summed E-state index contributed by atoms with van der Waals surface area (Å²) in [6.07, 6.45) is 1.14. The van der Waals surface area contributed by atoms with Crippen LogP contribution in [0, 0.1) is 12.7 Å². The molecule has 1 saturated heterocycles. The van der Waals surface area contributed by atoms with Crippen LogP contribution in [0.25, 0.3) is 11.1 Å². The number of aromatic hydroxyl groups is 1. The van der Waals surface area contributed by atoms with Gasteiger partial charge in [0.1, 0.15) is 5.75 Å². The summed E-state index contributed by atoms with van der Waals surface area (Å²) in [6, 6.07) is 21.3. The molecule has 4 aromatic rings. The Morgan fingerprint density at radius 1 is 1.08 bits per heavy atom. The number of phenolic OH excluding ortho intramolecular Hbond substituents is 1. The number of anilines is 3. The van der Waals surface area contributed by atoms with Crippen LogP contribution in [0.15, 0.2) is 83.2 Å². The van der Waals surface area contributed by atoms with Crippen molar-refractivity contribution in [2.24, 2.45) is 10.2 Å². The summed E-state index contributed by atoms with van der Waals surface area (Å²) in [5, 5.41) is 21.5. The number of rotatable bonds is 7. The molecule has 2 heterocycles. The Morgan fingerprint density at radius 3 is 2.66 bits per heavy atom. The number of aryl methyl sites for hydroxylation is 1. The molecule has 0 saturated carbocycles. The minimum absolute atomic E-state index is 0.0176. The van der Waals surface area contributed by atoms with Crippen molar-refractivity contribution < 1.29 is 14.2 Å². The van der Waals surface area contributed by atoms with E-state index in [9.17, 15) is 9.50 Å². The van der Waals surface area contributed by atoms with Gasteiger partial charge < -0.3 is 20.1 Å². The molecule has 0 bridgehead atoms. The van der Waals surface area contributed by atoms with Crippen LogP contribution < -0.4 is 10.2 Å². The number of halogens is 1. The molecule has 2 N–H and O–H groups in total. The fraction of sp³-hybridized carbons (Fsp3) is 0.241. The molecule has 3 aromatic carbocycles. The molecule has 1 aliphatic heterocycles. The fourth-order valence-corrected chi connectivity index (χ4v) is 4.36. The van der Waals surface area contributed by atoms with Crippen molar-refractivity contribution in [3.05, 3.63) is 89.9 Å². The van der Waals surface area contributed by atoms with Crippen molar-refractivity contribution in [3.63, 3.8) is 0 Å². The minimum atomic E-state index is -0.481. The summed E-state index contributed by atoms with van der Waals surface area (Å²) in [7, 11) is 0. The molecule has 1 aliphatic rings. The highest BCUT2D eigenvalue weighted by Gasteiger charge is 2.23. The van der Waals surface area contributed by atoms with Crippen LogP contribution in [-0.2, 0) is 11.3 Å². The molecule has 1 atom stereocenters. The Bertz CT molecular complexity index is 1440. The molecule has 9 heteroatoms. The Hall–Kier alpha value is -4.37. The summed E-state index contributed by atoms with van der Waals surface area (Å²) >= 11 is 0. The van der Waals surface area contributed by atoms with Gasteiger partial charge in [0.05, 0.1) is 32.0 Å². The lowest BCUT2D eigenvalue weighted by Crippen LogP contribution is -2.44. The lowest BCUT2D eigenvalue weighted by atomic mass is 10.0. The highest BCUT2D eigenvalue weighted by Crippen LogP contribution is 2.27. The second-order valence-electron chi connectivity index (χ2n) is 9.25. The van der Waals surface area contributed by atoms with Crippen LogP contribution in [0.1, 0.15) is 18.1 Å². The summed E-state index contributed by atoms with van der Waals surface area (Å²) in [4.78, 5) is 10.1. The van der Waals surface area contributed by atoms with Gasteiger partial charge in [-0.2, -0.15) is 10.1 Å². The number of nitrogens with one attached hydrogen (secondary N) is 1. The number of nitrogens with zero attached hydrogens (tertiary/aromatic N) is 5. The number of azo groups is 1. The van der Waals surface area contributed by atoms with Gasteiger partial charge in [0.25, 0.3) is 5.95 Å². The number of aromatic nitrogens is 2. The van der Waals surface area contributed by atoms with Gasteiger partial charge in [-0.3, -0.25) is 0 Å². The Balaban J connectivity index is 1.22. The molecule has 0 radical (unpaired) electrons. The van der Waals surface area contributed by atoms with E-state index in [-0.39, 0.29) is 23.6 Å². The first-order valence-corrected chi connectivity index (χ1v) is 12.5. The first kappa shape index (κ1) is 25.3. The van der Waals surface area contributed by atoms with Gasteiger partial charge in [-0.05, 0) is 72.5 Å². The summed E-state index contributed by atoms with van der Waals surface area (Å²) < 4.78 is 19.8. The second kappa shape index (κ2) is 11.4. The molecule has 38 heavy (non-hydrogen) atoms. The van der Waals surface area contributed by atoms with Crippen LogP contribution in [0.2, 0.25) is 0 Å². The number of morpholine rings is 1. The van der Waals surface area contributed by atoms with E-state index in [0.29, 0.717) is 26.3 Å². The van der Waals surface area contributed by atoms with E-state index >= 15 is 0 Å². The third-order valence-corrected chi connectivity index (χ3v) is 6.45. The van der Waals surface area contributed by atoms with E-state index in [1.54, 1.807) is 12.1 Å². The molecule has 5 rings (SSSR count). The number of phenols is 1. The van der Waals surface area contributed by atoms with E-state index in [4.69, 9.17) is 4.74 Å². The topological polar surface area (TPSA) is 95.2 Å². The third-order valence-electron chi connectivity index (χ3n) is 6.45. The van der Waals surface area contributed by atoms with Crippen molar-refractivity contribution in [3.8, 4) is 16.9 Å². The number of ether oxygens (including phenoxy) is 1. The molecule has 0 spiro atoms. The Kier molecular flexibility index (Phi) is 7.55. The minimum Gasteiger partial charge on any atom is -0.508 e. The van der Waals surface area contributed by atoms with Gasteiger partial charge >= 0.3 is 0 Å². The molecular weight excluding hydrogens is 483 g/mol. The average molecular weight is 513 g/mol. The Labute approximate surface area is 220 Å². The van der Waals surface area contributed by atoms with E-state index < -0.39 is 5.82 Å². The quantitative estimate of drug-likeness (QED) is 0.273. The lowest BCUT2D eigenvalue weighted by molar-refractivity contribution is 0.0981. The van der Waals surface area contributed by atoms with Crippen molar-refractivity contribution in [1.29, 1.82) is 0 Å². The van der Waals surface area contributed by atoms with Gasteiger partial charge in [-0.15, -0.1) is 5.11 Å². The van der Waals surface area contributed by atoms with Crippen LogP contribution in [0.5, 0.6) is 5.75 Å². The van der Waals surface area contributed by atoms with Gasteiger partial charge in [-0.25, -0.2) is 9.37 Å². The highest BCUT2D eigenvalue weighted by molar-refractivity contribution is 5.69. The molecule has 194 valence electrons. The van der Waals surface area contributed by atoms with Crippen LogP contribution in [0.4, 0.5) is 27.5 Å². The maximum absolute atomic E-state index is 14.4. The summed E-state index contributed by atoms with van der Waals surface area (Å²) in [5.74, 6) is 0.125. The van der Waals surface area contributed by atoms with E-state index in [1.165, 1.54) is 0 Å². The predicted molar refractivity (Wildman–Crippen MR) is 146 cm³/mol. The zero-order chi connectivity index (χ0) is 26.5. The van der Waals surface area contributed by atoms with Gasteiger partial charge in [-0.1, -0.05) is 30.3 Å². The zero-order valence-corrected chi connectivity index (χ0v) is 21.3. The van der Waals surface area contributed by atoms with Gasteiger partial charge in [0.15, 0.2) is 11.6 Å². The van der Waals surface area contributed by atoms with Crippen LogP contribution in [-0.4, -0.2) is 40.9 Å². The molecular formula is C29H29FN6O2. The van der Waals surface area contributed by atoms with Crippen LogP contribution in [0.3, 0.4) is 0 Å². The third kappa shape index (κ3) is 5.95.